The third-order valence-electron chi connectivity index (χ3n) is 3.95. The molecule has 0 unspecified atom stereocenters. The van der Waals surface area contributed by atoms with Gasteiger partial charge in [-0.25, -0.2) is 4.39 Å². The first-order valence-electron chi connectivity index (χ1n) is 8.65. The Morgan fingerprint density at radius 1 is 1.23 bits per heavy atom. The van der Waals surface area contributed by atoms with Crippen molar-refractivity contribution >= 4 is 17.4 Å². The van der Waals surface area contributed by atoms with Gasteiger partial charge in [0.2, 0.25) is 5.88 Å². The van der Waals surface area contributed by atoms with Crippen molar-refractivity contribution in [3.63, 3.8) is 0 Å². The number of ether oxygens (including phenoxy) is 1. The Bertz CT molecular complexity index is 1240. The van der Waals surface area contributed by atoms with E-state index in [-0.39, 0.29) is 24.8 Å². The molecule has 30 heavy (non-hydrogen) atoms. The molecule has 11 nitrogen and oxygen atoms in total. The van der Waals surface area contributed by atoms with Crippen LogP contribution in [0.1, 0.15) is 10.6 Å². The molecule has 3 aromatic heterocycles. The van der Waals surface area contributed by atoms with Gasteiger partial charge in [0.25, 0.3) is 5.91 Å². The molecule has 12 heteroatoms. The highest BCUT2D eigenvalue weighted by Gasteiger charge is 2.17. The van der Waals surface area contributed by atoms with E-state index in [4.69, 9.17) is 9.15 Å². The Labute approximate surface area is 167 Å². The molecule has 0 fully saturated rings. The van der Waals surface area contributed by atoms with Crippen LogP contribution < -0.4 is 10.1 Å². The number of fused-ring (bicyclic) bond motifs is 1. The maximum atomic E-state index is 13.5. The van der Waals surface area contributed by atoms with Crippen molar-refractivity contribution in [3.05, 3.63) is 70.2 Å². The number of halogens is 1. The number of aromatic nitrogens is 4. The first-order chi connectivity index (χ1) is 14.5. The van der Waals surface area contributed by atoms with Crippen molar-refractivity contribution in [2.75, 3.05) is 13.2 Å². The lowest BCUT2D eigenvalue weighted by Gasteiger charge is -2.07. The average Bonchev–Trinajstić information content (AvgIpc) is 3.38. The van der Waals surface area contributed by atoms with Crippen LogP contribution in [0, 0.1) is 15.9 Å². The normalized spacial score (nSPS) is 10.8. The average molecular weight is 412 g/mol. The number of hydrogen-bond acceptors (Lipinski definition) is 8. The van der Waals surface area contributed by atoms with E-state index in [1.807, 2.05) is 0 Å². The minimum atomic E-state index is -0.731. The Morgan fingerprint density at radius 2 is 2.10 bits per heavy atom. The molecule has 0 atom stereocenters. The van der Waals surface area contributed by atoms with Gasteiger partial charge < -0.3 is 14.5 Å². The number of rotatable bonds is 7. The number of furan rings is 1. The minimum Gasteiger partial charge on any atom is -0.475 e. The maximum Gasteiger partial charge on any atom is 0.433 e. The van der Waals surface area contributed by atoms with Crippen molar-refractivity contribution in [1.82, 2.24) is 25.1 Å². The second-order valence-corrected chi connectivity index (χ2v) is 5.97. The molecular weight excluding hydrogens is 399 g/mol. The van der Waals surface area contributed by atoms with Crippen LogP contribution in [0.3, 0.4) is 0 Å². The number of hydrogen-bond donors (Lipinski definition) is 1. The molecule has 0 aliphatic carbocycles. The summed E-state index contributed by atoms with van der Waals surface area (Å²) < 4.78 is 25.2. The van der Waals surface area contributed by atoms with E-state index in [2.05, 4.69) is 20.6 Å². The largest absolute Gasteiger partial charge is 0.475 e. The van der Waals surface area contributed by atoms with E-state index in [9.17, 15) is 19.3 Å². The lowest BCUT2D eigenvalue weighted by atomic mass is 10.2. The molecule has 3 heterocycles. The molecule has 1 aromatic carbocycles. The molecule has 152 valence electrons. The monoisotopic (exact) mass is 412 g/mol. The van der Waals surface area contributed by atoms with Crippen LogP contribution in [0.5, 0.6) is 5.88 Å². The summed E-state index contributed by atoms with van der Waals surface area (Å²) in [4.78, 5) is 21.8. The highest BCUT2D eigenvalue weighted by atomic mass is 19.1. The Balaban J connectivity index is 1.39. The summed E-state index contributed by atoms with van der Waals surface area (Å²) in [6, 6.07) is 11.4. The van der Waals surface area contributed by atoms with E-state index < -0.39 is 22.5 Å². The summed E-state index contributed by atoms with van der Waals surface area (Å²) in [5.74, 6) is -1.12. The first-order valence-corrected chi connectivity index (χ1v) is 8.65. The third-order valence-corrected chi connectivity index (χ3v) is 3.95. The minimum absolute atomic E-state index is 0.0739. The summed E-state index contributed by atoms with van der Waals surface area (Å²) in [6.07, 6.45) is 0. The topological polar surface area (TPSA) is 138 Å². The predicted octanol–water partition coefficient (Wildman–Crippen LogP) is 2.24. The van der Waals surface area contributed by atoms with Gasteiger partial charge in [-0.2, -0.15) is 4.52 Å². The Morgan fingerprint density at radius 3 is 2.87 bits per heavy atom. The second kappa shape index (κ2) is 7.95. The molecule has 0 spiro atoms. The van der Waals surface area contributed by atoms with Crippen molar-refractivity contribution < 1.29 is 23.3 Å². The van der Waals surface area contributed by atoms with Gasteiger partial charge in [0.05, 0.1) is 12.6 Å². The van der Waals surface area contributed by atoms with E-state index in [0.717, 1.165) is 6.07 Å². The molecule has 0 bridgehead atoms. The van der Waals surface area contributed by atoms with Crippen LogP contribution in [0.25, 0.3) is 17.0 Å². The van der Waals surface area contributed by atoms with Gasteiger partial charge in [-0.1, -0.05) is 12.1 Å². The van der Waals surface area contributed by atoms with Gasteiger partial charge in [-0.05, 0) is 24.3 Å². The zero-order valence-corrected chi connectivity index (χ0v) is 15.2. The molecular formula is C18H13FN6O5. The molecule has 0 saturated heterocycles. The zero-order valence-electron chi connectivity index (χ0n) is 15.2. The SMILES string of the molecule is O=C(NCCOc1ccc2nnc(-c3cccc(F)c3)n2n1)c1ccc([N+](=O)[O-])o1. The van der Waals surface area contributed by atoms with Crippen LogP contribution in [0.15, 0.2) is 52.9 Å². The number of amides is 1. The van der Waals surface area contributed by atoms with Gasteiger partial charge in [-0.3, -0.25) is 14.9 Å². The highest BCUT2D eigenvalue weighted by Crippen LogP contribution is 2.20. The van der Waals surface area contributed by atoms with Crippen LogP contribution in [-0.2, 0) is 0 Å². The highest BCUT2D eigenvalue weighted by molar-refractivity contribution is 5.91. The Kier molecular flexibility index (Phi) is 5.03. The van der Waals surface area contributed by atoms with E-state index in [1.54, 1.807) is 24.3 Å². The third kappa shape index (κ3) is 3.92. The van der Waals surface area contributed by atoms with Gasteiger partial charge in [0.15, 0.2) is 17.2 Å². The van der Waals surface area contributed by atoms with E-state index >= 15 is 0 Å². The summed E-state index contributed by atoms with van der Waals surface area (Å²) in [6.45, 7) is 0.177. The number of nitro groups is 1. The molecule has 0 aliphatic rings. The molecule has 0 radical (unpaired) electrons. The molecule has 1 amide bonds. The van der Waals surface area contributed by atoms with E-state index in [1.165, 1.54) is 22.7 Å². The molecule has 0 aliphatic heterocycles. The maximum absolute atomic E-state index is 13.5. The van der Waals surface area contributed by atoms with Gasteiger partial charge in [0.1, 0.15) is 17.3 Å². The number of benzene rings is 1. The van der Waals surface area contributed by atoms with E-state index in [0.29, 0.717) is 17.0 Å². The molecule has 0 saturated carbocycles. The van der Waals surface area contributed by atoms with Crippen LogP contribution in [0.2, 0.25) is 0 Å². The number of nitrogens with one attached hydrogen (secondary N) is 1. The number of carbonyl (C=O) groups is 1. The molecule has 4 aromatic rings. The van der Waals surface area contributed by atoms with Crippen LogP contribution in [-0.4, -0.2) is 43.8 Å². The molecule has 4 rings (SSSR count). The van der Waals surface area contributed by atoms with Gasteiger partial charge in [0, 0.05) is 11.6 Å². The smallest absolute Gasteiger partial charge is 0.433 e. The zero-order chi connectivity index (χ0) is 21.1. The van der Waals surface area contributed by atoms with Crippen molar-refractivity contribution in [2.45, 2.75) is 0 Å². The number of nitrogens with zero attached hydrogens (tertiary/aromatic N) is 5. The fraction of sp³-hybridized carbons (Fsp3) is 0.111. The lowest BCUT2D eigenvalue weighted by Crippen LogP contribution is -2.27. The van der Waals surface area contributed by atoms with Gasteiger partial charge >= 0.3 is 5.88 Å². The fourth-order valence-corrected chi connectivity index (χ4v) is 2.61. The summed E-state index contributed by atoms with van der Waals surface area (Å²) in [5, 5.41) is 25.4. The number of carbonyl (C=O) groups excluding carboxylic acids is 1. The predicted molar refractivity (Wildman–Crippen MR) is 99.4 cm³/mol. The van der Waals surface area contributed by atoms with Gasteiger partial charge in [-0.15, -0.1) is 15.3 Å². The summed E-state index contributed by atoms with van der Waals surface area (Å²) in [7, 11) is 0. The van der Waals surface area contributed by atoms with Crippen molar-refractivity contribution in [1.29, 1.82) is 0 Å². The standard InChI is InChI=1S/C18H13FN6O5/c19-12-3-1-2-11(10-12)17-22-21-14-5-6-15(23-24(14)17)29-9-8-20-18(26)13-4-7-16(30-13)25(27)28/h1-7,10H,8-9H2,(H,20,26). The van der Waals surface area contributed by atoms with Crippen molar-refractivity contribution in [3.8, 4) is 17.3 Å². The van der Waals surface area contributed by atoms with Crippen molar-refractivity contribution in [2.24, 2.45) is 0 Å². The summed E-state index contributed by atoms with van der Waals surface area (Å²) in [5.41, 5.74) is 0.960. The Hall–Kier alpha value is -4.35. The summed E-state index contributed by atoms with van der Waals surface area (Å²) >= 11 is 0. The van der Waals surface area contributed by atoms with Crippen LogP contribution in [0.4, 0.5) is 10.3 Å². The lowest BCUT2D eigenvalue weighted by molar-refractivity contribution is -0.402. The van der Waals surface area contributed by atoms with Crippen LogP contribution >= 0.6 is 0 Å². The first kappa shape index (κ1) is 19.0. The molecule has 1 N–H and O–H groups in total. The second-order valence-electron chi connectivity index (χ2n) is 5.97. The fourth-order valence-electron chi connectivity index (χ4n) is 2.61. The quantitative estimate of drug-likeness (QED) is 0.277.